The number of nitrogens with zero attached hydrogens (tertiary/aromatic N) is 4. The Morgan fingerprint density at radius 2 is 1.67 bits per heavy atom. The van der Waals surface area contributed by atoms with E-state index in [0.717, 1.165) is 39.1 Å². The predicted molar refractivity (Wildman–Crippen MR) is 104 cm³/mol. The van der Waals surface area contributed by atoms with Gasteiger partial charge in [0.2, 0.25) is 0 Å². The van der Waals surface area contributed by atoms with Crippen LogP contribution >= 0.6 is 0 Å². The van der Waals surface area contributed by atoms with Crippen molar-refractivity contribution < 1.29 is 19.1 Å². The van der Waals surface area contributed by atoms with Gasteiger partial charge in [0.15, 0.2) is 0 Å². The summed E-state index contributed by atoms with van der Waals surface area (Å²) in [6, 6.07) is 0.282. The first-order valence-corrected chi connectivity index (χ1v) is 9.81. The third-order valence-electron chi connectivity index (χ3n) is 5.37. The molecule has 0 radical (unpaired) electrons. The van der Waals surface area contributed by atoms with Crippen molar-refractivity contribution in [2.75, 3.05) is 60.5 Å². The normalized spacial score (nSPS) is 23.6. The Hall–Kier alpha value is -1.54. The Balaban J connectivity index is 1.83. The van der Waals surface area contributed by atoms with E-state index in [1.807, 2.05) is 37.6 Å². The summed E-state index contributed by atoms with van der Waals surface area (Å²) < 4.78 is 10.6. The third-order valence-corrected chi connectivity index (χ3v) is 5.37. The van der Waals surface area contributed by atoms with Gasteiger partial charge in [0.05, 0.1) is 12.6 Å². The molecular formula is C19H36N4O4. The number of likely N-dealkylation sites (tertiary alicyclic amines) is 2. The van der Waals surface area contributed by atoms with Gasteiger partial charge >= 0.3 is 12.1 Å². The van der Waals surface area contributed by atoms with E-state index >= 15 is 0 Å². The fraction of sp³-hybridized carbons (Fsp3) is 0.895. The van der Waals surface area contributed by atoms with Crippen LogP contribution in [0.4, 0.5) is 9.59 Å². The summed E-state index contributed by atoms with van der Waals surface area (Å²) in [7, 11) is 5.35. The van der Waals surface area contributed by atoms with Crippen LogP contribution in [0.1, 0.15) is 33.6 Å². The summed E-state index contributed by atoms with van der Waals surface area (Å²) in [5.41, 5.74) is -0.517. The Labute approximate surface area is 163 Å². The molecule has 8 nitrogen and oxygen atoms in total. The number of methoxy groups -OCH3 is 1. The number of likely N-dealkylation sites (N-methyl/N-ethyl adjacent to an activating group) is 2. The molecule has 2 fully saturated rings. The Morgan fingerprint density at radius 1 is 1.04 bits per heavy atom. The topological polar surface area (TPSA) is 65.6 Å². The van der Waals surface area contributed by atoms with Crippen LogP contribution in [0.25, 0.3) is 0 Å². The number of carbonyl (C=O) groups excluding carboxylic acids is 2. The maximum Gasteiger partial charge on any atom is 0.410 e. The van der Waals surface area contributed by atoms with Gasteiger partial charge in [-0.3, -0.25) is 4.90 Å². The lowest BCUT2D eigenvalue weighted by Gasteiger charge is -2.31. The van der Waals surface area contributed by atoms with Crippen LogP contribution in [0.5, 0.6) is 0 Å². The second-order valence-electron chi connectivity index (χ2n) is 8.61. The van der Waals surface area contributed by atoms with Crippen molar-refractivity contribution in [3.05, 3.63) is 0 Å². The van der Waals surface area contributed by atoms with Crippen molar-refractivity contribution in [1.29, 1.82) is 0 Å². The molecule has 0 aromatic heterocycles. The van der Waals surface area contributed by atoms with E-state index in [0.29, 0.717) is 13.1 Å². The molecule has 0 bridgehead atoms. The second kappa shape index (κ2) is 9.10. The third kappa shape index (κ3) is 5.97. The smallest absolute Gasteiger partial charge is 0.410 e. The zero-order valence-electron chi connectivity index (χ0n) is 17.7. The number of amides is 3. The molecule has 2 heterocycles. The van der Waals surface area contributed by atoms with Gasteiger partial charge in [-0.15, -0.1) is 0 Å². The van der Waals surface area contributed by atoms with Crippen LogP contribution in [0.3, 0.4) is 0 Å². The molecule has 27 heavy (non-hydrogen) atoms. The Kier molecular flexibility index (Phi) is 7.33. The fourth-order valence-electron chi connectivity index (χ4n) is 3.65. The van der Waals surface area contributed by atoms with Crippen LogP contribution in [0.2, 0.25) is 0 Å². The molecule has 2 rings (SSSR count). The lowest BCUT2D eigenvalue weighted by Crippen LogP contribution is -2.48. The first-order chi connectivity index (χ1) is 12.6. The van der Waals surface area contributed by atoms with Gasteiger partial charge in [0, 0.05) is 60.0 Å². The standard InChI is InChI=1S/C19H36N4O4/c1-19(2,3)27-18(25)21(5)16-8-10-23(14-16)17(24)20(4)15-7-9-22(13-15)11-12-26-6/h15-16H,7-14H2,1-6H3/t15-,16+/m1/s1. The van der Waals surface area contributed by atoms with E-state index in [2.05, 4.69) is 4.90 Å². The van der Waals surface area contributed by atoms with Crippen molar-refractivity contribution in [1.82, 2.24) is 19.6 Å². The van der Waals surface area contributed by atoms with Gasteiger partial charge < -0.3 is 24.2 Å². The molecule has 0 aromatic rings. The highest BCUT2D eigenvalue weighted by Crippen LogP contribution is 2.21. The van der Waals surface area contributed by atoms with Crippen LogP contribution in [0, 0.1) is 0 Å². The Bertz CT molecular complexity index is 522. The minimum atomic E-state index is -0.517. The molecule has 8 heteroatoms. The highest BCUT2D eigenvalue weighted by molar-refractivity contribution is 5.75. The van der Waals surface area contributed by atoms with Gasteiger partial charge in [-0.1, -0.05) is 0 Å². The summed E-state index contributed by atoms with van der Waals surface area (Å²) >= 11 is 0. The van der Waals surface area contributed by atoms with Gasteiger partial charge in [-0.25, -0.2) is 9.59 Å². The molecule has 0 aliphatic carbocycles. The quantitative estimate of drug-likeness (QED) is 0.722. The highest BCUT2D eigenvalue weighted by atomic mass is 16.6. The first-order valence-electron chi connectivity index (χ1n) is 9.81. The van der Waals surface area contributed by atoms with Crippen molar-refractivity contribution in [2.24, 2.45) is 0 Å². The molecule has 2 atom stereocenters. The summed E-state index contributed by atoms with van der Waals surface area (Å²) in [4.78, 5) is 32.8. The minimum Gasteiger partial charge on any atom is -0.444 e. The molecule has 2 aliphatic rings. The van der Waals surface area contributed by atoms with Crippen molar-refractivity contribution in [2.45, 2.75) is 51.3 Å². The summed E-state index contributed by atoms with van der Waals surface area (Å²) in [6.07, 6.45) is 1.43. The second-order valence-corrected chi connectivity index (χ2v) is 8.61. The molecule has 0 N–H and O–H groups in total. The van der Waals surface area contributed by atoms with E-state index < -0.39 is 5.60 Å². The summed E-state index contributed by atoms with van der Waals surface area (Å²) in [5, 5.41) is 0. The van der Waals surface area contributed by atoms with E-state index in [1.165, 1.54) is 0 Å². The molecule has 2 saturated heterocycles. The minimum absolute atomic E-state index is 0.000945. The van der Waals surface area contributed by atoms with Crippen molar-refractivity contribution >= 4 is 12.1 Å². The van der Waals surface area contributed by atoms with Gasteiger partial charge in [0.25, 0.3) is 0 Å². The first kappa shape index (κ1) is 21.8. The molecule has 2 aliphatic heterocycles. The maximum atomic E-state index is 12.9. The van der Waals surface area contributed by atoms with Crippen LogP contribution in [-0.2, 0) is 9.47 Å². The van der Waals surface area contributed by atoms with Gasteiger partial charge in [-0.05, 0) is 33.6 Å². The molecule has 0 spiro atoms. The maximum absolute atomic E-state index is 12.9. The van der Waals surface area contributed by atoms with Crippen molar-refractivity contribution in [3.8, 4) is 0 Å². The molecular weight excluding hydrogens is 348 g/mol. The molecule has 3 amide bonds. The van der Waals surface area contributed by atoms with E-state index in [4.69, 9.17) is 9.47 Å². The average molecular weight is 385 g/mol. The zero-order chi connectivity index (χ0) is 20.2. The largest absolute Gasteiger partial charge is 0.444 e. The van der Waals surface area contributed by atoms with Crippen LogP contribution in [-0.4, -0.2) is 110 Å². The van der Waals surface area contributed by atoms with Gasteiger partial charge in [-0.2, -0.15) is 0 Å². The van der Waals surface area contributed by atoms with E-state index in [9.17, 15) is 9.59 Å². The number of hydrogen-bond donors (Lipinski definition) is 0. The number of ether oxygens (including phenoxy) is 2. The molecule has 0 saturated carbocycles. The lowest BCUT2D eigenvalue weighted by molar-refractivity contribution is 0.0229. The summed E-state index contributed by atoms with van der Waals surface area (Å²) in [6.45, 7) is 10.3. The molecule has 156 valence electrons. The average Bonchev–Trinajstić information content (AvgIpc) is 3.26. The van der Waals surface area contributed by atoms with E-state index in [1.54, 1.807) is 19.1 Å². The lowest BCUT2D eigenvalue weighted by atomic mass is 10.2. The number of carbonyl (C=O) groups is 2. The predicted octanol–water partition coefficient (Wildman–Crippen LogP) is 1.70. The summed E-state index contributed by atoms with van der Waals surface area (Å²) in [5.74, 6) is 0. The molecule has 0 unspecified atom stereocenters. The highest BCUT2D eigenvalue weighted by Gasteiger charge is 2.36. The fourth-order valence-corrected chi connectivity index (χ4v) is 3.65. The number of urea groups is 1. The zero-order valence-corrected chi connectivity index (χ0v) is 17.7. The van der Waals surface area contributed by atoms with Crippen molar-refractivity contribution in [3.63, 3.8) is 0 Å². The molecule has 0 aromatic carbocycles. The number of rotatable bonds is 5. The van der Waals surface area contributed by atoms with Crippen LogP contribution in [0.15, 0.2) is 0 Å². The number of hydrogen-bond acceptors (Lipinski definition) is 5. The van der Waals surface area contributed by atoms with Crippen LogP contribution < -0.4 is 0 Å². The van der Waals surface area contributed by atoms with E-state index in [-0.39, 0.29) is 24.2 Å². The van der Waals surface area contributed by atoms with Gasteiger partial charge in [0.1, 0.15) is 5.60 Å². The SMILES string of the molecule is COCCN1CC[C@@H](N(C)C(=O)N2CC[C@H](N(C)C(=O)OC(C)(C)C)C2)C1. The monoisotopic (exact) mass is 384 g/mol. The Morgan fingerprint density at radius 3 is 2.30 bits per heavy atom.